The van der Waals surface area contributed by atoms with Gasteiger partial charge in [-0.3, -0.25) is 4.98 Å². The van der Waals surface area contributed by atoms with Gasteiger partial charge in [0.15, 0.2) is 0 Å². The van der Waals surface area contributed by atoms with Crippen LogP contribution in [-0.2, 0) is 30.5 Å². The number of benzene rings is 3. The maximum atomic E-state index is 15.5. The second kappa shape index (κ2) is 13.0. The van der Waals surface area contributed by atoms with Gasteiger partial charge in [0, 0.05) is 43.9 Å². The summed E-state index contributed by atoms with van der Waals surface area (Å²) in [6.07, 6.45) is 1.25. The van der Waals surface area contributed by atoms with Crippen molar-refractivity contribution in [2.24, 2.45) is 0 Å². The van der Waals surface area contributed by atoms with Crippen molar-refractivity contribution in [3.63, 3.8) is 0 Å². The number of imidazole rings is 1. The minimum absolute atomic E-state index is 0.00198. The van der Waals surface area contributed by atoms with Crippen LogP contribution in [0.3, 0.4) is 0 Å². The molecule has 1 atom stereocenters. The van der Waals surface area contributed by atoms with Crippen LogP contribution in [0.25, 0.3) is 22.3 Å². The molecule has 2 heterocycles. The third-order valence-corrected chi connectivity index (χ3v) is 7.55. The number of rotatable bonds is 11. The molecule has 0 unspecified atom stereocenters. The number of hydrogen-bond acceptors (Lipinski definition) is 5. The third kappa shape index (κ3) is 6.38. The lowest BCUT2D eigenvalue weighted by Gasteiger charge is -2.12. The molecular formula is C34H32F2N4O2. The molecule has 42 heavy (non-hydrogen) atoms. The Morgan fingerprint density at radius 3 is 2.50 bits per heavy atom. The van der Waals surface area contributed by atoms with Gasteiger partial charge in [0.1, 0.15) is 17.5 Å². The van der Waals surface area contributed by atoms with Crippen LogP contribution in [0.5, 0.6) is 0 Å². The van der Waals surface area contributed by atoms with Crippen LogP contribution in [0.15, 0.2) is 72.8 Å². The van der Waals surface area contributed by atoms with E-state index < -0.39 is 5.82 Å². The summed E-state index contributed by atoms with van der Waals surface area (Å²) in [5.41, 5.74) is 6.14. The van der Waals surface area contributed by atoms with Gasteiger partial charge in [0.25, 0.3) is 0 Å². The quantitative estimate of drug-likeness (QED) is 0.201. The summed E-state index contributed by atoms with van der Waals surface area (Å²) in [4.78, 5) is 9.50. The lowest BCUT2D eigenvalue weighted by Crippen LogP contribution is -2.10. The fourth-order valence-corrected chi connectivity index (χ4v) is 5.05. The van der Waals surface area contributed by atoms with Crippen molar-refractivity contribution >= 4 is 11.0 Å². The maximum absolute atomic E-state index is 15.5. The first-order valence-corrected chi connectivity index (χ1v) is 13.9. The van der Waals surface area contributed by atoms with Crippen LogP contribution in [0.4, 0.5) is 8.78 Å². The summed E-state index contributed by atoms with van der Waals surface area (Å²) in [6.45, 7) is 3.08. The van der Waals surface area contributed by atoms with Gasteiger partial charge in [0.2, 0.25) is 0 Å². The van der Waals surface area contributed by atoms with Crippen molar-refractivity contribution in [3.05, 3.63) is 118 Å². The Labute approximate surface area is 243 Å². The van der Waals surface area contributed by atoms with E-state index in [4.69, 9.17) is 20.0 Å². The fourth-order valence-electron chi connectivity index (χ4n) is 5.05. The molecule has 8 heteroatoms. The maximum Gasteiger partial charge on any atom is 0.127 e. The van der Waals surface area contributed by atoms with Gasteiger partial charge in [-0.1, -0.05) is 37.3 Å². The van der Waals surface area contributed by atoms with Gasteiger partial charge in [-0.2, -0.15) is 5.26 Å². The van der Waals surface area contributed by atoms with Crippen molar-refractivity contribution in [2.75, 3.05) is 20.3 Å². The van der Waals surface area contributed by atoms with Crippen LogP contribution in [0.2, 0.25) is 0 Å². The number of nitrogens with zero attached hydrogens (tertiary/aromatic N) is 4. The van der Waals surface area contributed by atoms with Gasteiger partial charge >= 0.3 is 0 Å². The van der Waals surface area contributed by atoms with E-state index in [0.29, 0.717) is 54.8 Å². The minimum atomic E-state index is -0.404. The highest BCUT2D eigenvalue weighted by Crippen LogP contribution is 2.26. The second-order valence-electron chi connectivity index (χ2n) is 10.4. The zero-order valence-electron chi connectivity index (χ0n) is 23.6. The molecule has 0 spiro atoms. The summed E-state index contributed by atoms with van der Waals surface area (Å²) in [5, 5.41) is 18.6. The highest BCUT2D eigenvalue weighted by atomic mass is 19.1. The molecule has 0 saturated heterocycles. The van der Waals surface area contributed by atoms with Crippen LogP contribution in [0.1, 0.15) is 46.6 Å². The average Bonchev–Trinajstić information content (AvgIpc) is 3.35. The first-order chi connectivity index (χ1) is 20.4. The standard InChI is InChI=1S/C34H32F2N4O2/c1-22(21-41)25-11-13-32-33(18-25)40(14-15-42-2)34(39-32)19-26-8-9-27(17-30(26)36)31-5-3-4-28(38-31)12-10-24-7-6-23(20-37)16-29(24)35/h3-9,11,13,16-18,22,41H,10,12,14-15,19,21H2,1-2H3/t22-/m0/s1. The molecule has 5 rings (SSSR count). The largest absolute Gasteiger partial charge is 0.396 e. The summed E-state index contributed by atoms with van der Waals surface area (Å²) in [6, 6.07) is 23.0. The Bertz CT molecular complexity index is 1760. The predicted octanol–water partition coefficient (Wildman–Crippen LogP) is 6.37. The Kier molecular flexibility index (Phi) is 9.01. The molecule has 5 aromatic rings. The van der Waals surface area contributed by atoms with Crippen LogP contribution in [-0.4, -0.2) is 40.0 Å². The molecule has 0 amide bonds. The number of nitriles is 1. The topological polar surface area (TPSA) is 84.0 Å². The first kappa shape index (κ1) is 29.1. The molecule has 0 saturated carbocycles. The summed E-state index contributed by atoms with van der Waals surface area (Å²) in [5.74, 6) is -0.0198. The SMILES string of the molecule is COCCn1c(Cc2ccc(-c3cccc(CCc4ccc(C#N)cc4F)n3)cc2F)nc2ccc([C@@H](C)CO)cc21. The molecule has 2 aromatic heterocycles. The van der Waals surface area contributed by atoms with E-state index in [9.17, 15) is 9.50 Å². The highest BCUT2D eigenvalue weighted by molar-refractivity contribution is 5.77. The zero-order valence-corrected chi connectivity index (χ0v) is 23.6. The van der Waals surface area contributed by atoms with Crippen molar-refractivity contribution < 1.29 is 18.6 Å². The van der Waals surface area contributed by atoms with Crippen molar-refractivity contribution in [1.82, 2.24) is 14.5 Å². The molecular weight excluding hydrogens is 534 g/mol. The smallest absolute Gasteiger partial charge is 0.127 e. The minimum Gasteiger partial charge on any atom is -0.396 e. The van der Waals surface area contributed by atoms with Gasteiger partial charge in [-0.05, 0) is 72.0 Å². The van der Waals surface area contributed by atoms with E-state index in [-0.39, 0.29) is 23.9 Å². The van der Waals surface area contributed by atoms with Crippen LogP contribution in [0, 0.1) is 23.0 Å². The monoisotopic (exact) mass is 566 g/mol. The summed E-state index contributed by atoms with van der Waals surface area (Å²) in [7, 11) is 1.64. The summed E-state index contributed by atoms with van der Waals surface area (Å²) < 4.78 is 37.2. The predicted molar refractivity (Wildman–Crippen MR) is 158 cm³/mol. The first-order valence-electron chi connectivity index (χ1n) is 13.9. The number of aliphatic hydroxyl groups excluding tert-OH is 1. The van der Waals surface area contributed by atoms with E-state index in [1.54, 1.807) is 25.3 Å². The Balaban J connectivity index is 1.36. The molecule has 3 aromatic carbocycles. The Morgan fingerprint density at radius 2 is 1.76 bits per heavy atom. The molecule has 0 aliphatic heterocycles. The zero-order chi connectivity index (χ0) is 29.6. The highest BCUT2D eigenvalue weighted by Gasteiger charge is 2.16. The number of methoxy groups -OCH3 is 1. The van der Waals surface area contributed by atoms with Gasteiger partial charge in [-0.15, -0.1) is 0 Å². The number of fused-ring (bicyclic) bond motifs is 1. The third-order valence-electron chi connectivity index (χ3n) is 7.55. The van der Waals surface area contributed by atoms with E-state index in [1.165, 1.54) is 12.1 Å². The van der Waals surface area contributed by atoms with Gasteiger partial charge in [0.05, 0.1) is 35.0 Å². The van der Waals surface area contributed by atoms with E-state index in [2.05, 4.69) is 4.57 Å². The lowest BCUT2D eigenvalue weighted by atomic mass is 10.0. The number of hydrogen-bond donors (Lipinski definition) is 1. The van der Waals surface area contributed by atoms with E-state index in [1.807, 2.05) is 55.5 Å². The molecule has 0 aliphatic carbocycles. The average molecular weight is 567 g/mol. The lowest BCUT2D eigenvalue weighted by molar-refractivity contribution is 0.187. The molecule has 0 fully saturated rings. The van der Waals surface area contributed by atoms with Crippen LogP contribution < -0.4 is 0 Å². The number of aryl methyl sites for hydroxylation is 2. The number of ether oxygens (including phenoxy) is 1. The second-order valence-corrected chi connectivity index (χ2v) is 10.4. The number of aliphatic hydroxyl groups is 1. The van der Waals surface area contributed by atoms with Gasteiger partial charge in [-0.25, -0.2) is 13.8 Å². The normalized spacial score (nSPS) is 12.0. The van der Waals surface area contributed by atoms with Gasteiger partial charge < -0.3 is 14.4 Å². The number of pyridine rings is 1. The molecule has 214 valence electrons. The van der Waals surface area contributed by atoms with Crippen LogP contribution >= 0.6 is 0 Å². The van der Waals surface area contributed by atoms with Crippen molar-refractivity contribution in [2.45, 2.75) is 38.6 Å². The molecule has 6 nitrogen and oxygen atoms in total. The number of aromatic nitrogens is 3. The van der Waals surface area contributed by atoms with E-state index >= 15 is 4.39 Å². The molecule has 0 bridgehead atoms. The van der Waals surface area contributed by atoms with E-state index in [0.717, 1.165) is 28.1 Å². The number of halogens is 2. The summed E-state index contributed by atoms with van der Waals surface area (Å²) >= 11 is 0. The molecule has 0 radical (unpaired) electrons. The molecule has 1 N–H and O–H groups in total. The molecule has 0 aliphatic rings. The van der Waals surface area contributed by atoms with Crippen molar-refractivity contribution in [1.29, 1.82) is 5.26 Å². The Morgan fingerprint density at radius 1 is 0.952 bits per heavy atom. The fraction of sp³-hybridized carbons (Fsp3) is 0.265. The Hall–Kier alpha value is -4.45. The van der Waals surface area contributed by atoms with Crippen molar-refractivity contribution in [3.8, 4) is 17.3 Å².